The summed E-state index contributed by atoms with van der Waals surface area (Å²) in [5.74, 6) is 0.828. The van der Waals surface area contributed by atoms with Crippen LogP contribution in [0.5, 0.6) is 5.75 Å². The first-order chi connectivity index (χ1) is 14.7. The van der Waals surface area contributed by atoms with Gasteiger partial charge in [-0.2, -0.15) is 0 Å². The Balaban J connectivity index is 1.46. The van der Waals surface area contributed by atoms with E-state index in [1.807, 2.05) is 72.8 Å². The van der Waals surface area contributed by atoms with Gasteiger partial charge in [0.15, 0.2) is 5.58 Å². The summed E-state index contributed by atoms with van der Waals surface area (Å²) in [6, 6.07) is 26.7. The van der Waals surface area contributed by atoms with E-state index < -0.39 is 0 Å². The summed E-state index contributed by atoms with van der Waals surface area (Å²) in [5, 5.41) is 4.93. The Labute approximate surface area is 172 Å². The van der Waals surface area contributed by atoms with Crippen molar-refractivity contribution < 1.29 is 13.9 Å². The molecular weight excluding hydrogens is 376 g/mol. The Morgan fingerprint density at radius 1 is 0.900 bits per heavy atom. The Hall–Kier alpha value is -4.12. The van der Waals surface area contributed by atoms with Crippen LogP contribution in [0.4, 0.5) is 5.69 Å². The van der Waals surface area contributed by atoms with Crippen molar-refractivity contribution in [3.05, 3.63) is 90.5 Å². The van der Waals surface area contributed by atoms with Crippen LogP contribution in [-0.2, 0) is 0 Å². The van der Waals surface area contributed by atoms with Crippen LogP contribution in [0.15, 0.2) is 89.3 Å². The van der Waals surface area contributed by atoms with Crippen LogP contribution < -0.4 is 10.1 Å². The number of nitrogens with zero attached hydrogens (tertiary/aromatic N) is 1. The van der Waals surface area contributed by atoms with E-state index in [9.17, 15) is 4.79 Å². The van der Waals surface area contributed by atoms with E-state index in [1.165, 1.54) is 0 Å². The number of anilines is 1. The first-order valence-corrected chi connectivity index (χ1v) is 9.55. The van der Waals surface area contributed by atoms with Gasteiger partial charge < -0.3 is 14.5 Å². The van der Waals surface area contributed by atoms with Crippen LogP contribution in [0, 0.1) is 0 Å². The second kappa shape index (κ2) is 7.37. The third-order valence-corrected chi connectivity index (χ3v) is 4.98. The van der Waals surface area contributed by atoms with Crippen LogP contribution in [0.2, 0.25) is 0 Å². The normalized spacial score (nSPS) is 11.0. The Morgan fingerprint density at radius 2 is 1.63 bits per heavy atom. The number of benzene rings is 4. The molecule has 0 radical (unpaired) electrons. The fraction of sp³-hybridized carbons (Fsp3) is 0.0400. The molecule has 0 saturated heterocycles. The minimum absolute atomic E-state index is 0.247. The van der Waals surface area contributed by atoms with Gasteiger partial charge in [0.1, 0.15) is 11.3 Å². The quantitative estimate of drug-likeness (QED) is 0.412. The molecule has 0 fully saturated rings. The lowest BCUT2D eigenvalue weighted by Crippen LogP contribution is -2.13. The summed E-state index contributed by atoms with van der Waals surface area (Å²) in [6.45, 7) is 0. The molecule has 5 nitrogen and oxygen atoms in total. The molecule has 5 aromatic rings. The zero-order chi connectivity index (χ0) is 20.5. The van der Waals surface area contributed by atoms with E-state index in [1.54, 1.807) is 19.2 Å². The molecule has 4 aromatic carbocycles. The van der Waals surface area contributed by atoms with E-state index in [0.717, 1.165) is 16.3 Å². The summed E-state index contributed by atoms with van der Waals surface area (Å²) in [6.07, 6.45) is 0. The molecular formula is C25H18N2O3. The maximum atomic E-state index is 13.0. The number of aromatic nitrogens is 1. The molecule has 0 unspecified atom stereocenters. The highest BCUT2D eigenvalue weighted by Gasteiger charge is 2.15. The van der Waals surface area contributed by atoms with Crippen LogP contribution in [0.25, 0.3) is 33.3 Å². The molecule has 0 aliphatic rings. The van der Waals surface area contributed by atoms with E-state index in [2.05, 4.69) is 10.3 Å². The van der Waals surface area contributed by atoms with E-state index in [-0.39, 0.29) is 5.91 Å². The number of hydrogen-bond donors (Lipinski definition) is 1. The third-order valence-electron chi connectivity index (χ3n) is 4.98. The number of nitrogens with one attached hydrogen (secondary N) is 1. The van der Waals surface area contributed by atoms with E-state index in [4.69, 9.17) is 9.15 Å². The molecule has 0 saturated carbocycles. The molecule has 1 heterocycles. The van der Waals surface area contributed by atoms with Crippen molar-refractivity contribution in [3.8, 4) is 17.2 Å². The van der Waals surface area contributed by atoms with Crippen molar-refractivity contribution in [2.75, 3.05) is 12.4 Å². The zero-order valence-corrected chi connectivity index (χ0v) is 16.3. The lowest BCUT2D eigenvalue weighted by molar-refractivity contribution is 0.102. The van der Waals surface area contributed by atoms with Gasteiger partial charge in [0, 0.05) is 11.3 Å². The Bertz CT molecular complexity index is 1370. The number of carbonyl (C=O) groups is 1. The molecule has 0 atom stereocenters. The number of rotatable bonds is 4. The van der Waals surface area contributed by atoms with Gasteiger partial charge in [-0.05, 0) is 53.2 Å². The predicted molar refractivity (Wildman–Crippen MR) is 118 cm³/mol. The largest absolute Gasteiger partial charge is 0.496 e. The fourth-order valence-electron chi connectivity index (χ4n) is 3.47. The summed E-state index contributed by atoms with van der Waals surface area (Å²) in [4.78, 5) is 17.5. The fourth-order valence-corrected chi connectivity index (χ4v) is 3.47. The number of ether oxygens (including phenoxy) is 1. The SMILES string of the molecule is COc1cc2ccccc2cc1C(=O)Nc1ccc2oc(-c3ccccc3)nc2c1. The Kier molecular flexibility index (Phi) is 4.41. The highest BCUT2D eigenvalue weighted by Crippen LogP contribution is 2.29. The van der Waals surface area contributed by atoms with Crippen LogP contribution in [-0.4, -0.2) is 18.0 Å². The average Bonchev–Trinajstić information content (AvgIpc) is 3.22. The zero-order valence-electron chi connectivity index (χ0n) is 16.3. The van der Waals surface area contributed by atoms with Crippen molar-refractivity contribution in [2.24, 2.45) is 0 Å². The average molecular weight is 394 g/mol. The van der Waals surface area contributed by atoms with Gasteiger partial charge in [-0.1, -0.05) is 42.5 Å². The molecule has 1 amide bonds. The van der Waals surface area contributed by atoms with Gasteiger partial charge in [0.05, 0.1) is 12.7 Å². The van der Waals surface area contributed by atoms with Crippen LogP contribution >= 0.6 is 0 Å². The van der Waals surface area contributed by atoms with E-state index >= 15 is 0 Å². The minimum Gasteiger partial charge on any atom is -0.496 e. The van der Waals surface area contributed by atoms with Crippen molar-refractivity contribution >= 4 is 33.5 Å². The van der Waals surface area contributed by atoms with Crippen LogP contribution in [0.3, 0.4) is 0 Å². The second-order valence-electron chi connectivity index (χ2n) is 6.92. The number of oxazole rings is 1. The molecule has 0 spiro atoms. The monoisotopic (exact) mass is 394 g/mol. The lowest BCUT2D eigenvalue weighted by atomic mass is 10.1. The summed E-state index contributed by atoms with van der Waals surface area (Å²) >= 11 is 0. The standard InChI is InChI=1S/C25H18N2O3/c1-29-23-14-18-10-6-5-9-17(18)13-20(23)24(28)26-19-11-12-22-21(15-19)27-25(30-22)16-7-3-2-4-8-16/h2-15H,1H3,(H,26,28). The molecule has 1 aromatic heterocycles. The van der Waals surface area contributed by atoms with Gasteiger partial charge >= 0.3 is 0 Å². The van der Waals surface area contributed by atoms with Gasteiger partial charge in [0.2, 0.25) is 5.89 Å². The van der Waals surface area contributed by atoms with Gasteiger partial charge in [-0.15, -0.1) is 0 Å². The van der Waals surface area contributed by atoms with Crippen molar-refractivity contribution in [2.45, 2.75) is 0 Å². The maximum Gasteiger partial charge on any atom is 0.259 e. The first-order valence-electron chi connectivity index (χ1n) is 9.55. The number of carbonyl (C=O) groups excluding carboxylic acids is 1. The molecule has 1 N–H and O–H groups in total. The molecule has 5 rings (SSSR count). The van der Waals surface area contributed by atoms with Crippen molar-refractivity contribution in [1.82, 2.24) is 4.98 Å². The van der Waals surface area contributed by atoms with Gasteiger partial charge in [-0.3, -0.25) is 4.79 Å². The number of fused-ring (bicyclic) bond motifs is 2. The Morgan fingerprint density at radius 3 is 2.40 bits per heavy atom. The molecule has 0 aliphatic carbocycles. The maximum absolute atomic E-state index is 13.0. The van der Waals surface area contributed by atoms with Crippen LogP contribution in [0.1, 0.15) is 10.4 Å². The predicted octanol–water partition coefficient (Wildman–Crippen LogP) is 5.91. The smallest absolute Gasteiger partial charge is 0.259 e. The molecule has 0 bridgehead atoms. The minimum atomic E-state index is -0.247. The first kappa shape index (κ1) is 17.9. The third kappa shape index (κ3) is 3.26. The summed E-state index contributed by atoms with van der Waals surface area (Å²) < 4.78 is 11.3. The highest BCUT2D eigenvalue weighted by atomic mass is 16.5. The highest BCUT2D eigenvalue weighted by molar-refractivity contribution is 6.09. The summed E-state index contributed by atoms with van der Waals surface area (Å²) in [7, 11) is 1.56. The van der Waals surface area contributed by atoms with E-state index in [0.29, 0.717) is 34.0 Å². The topological polar surface area (TPSA) is 64.4 Å². The summed E-state index contributed by atoms with van der Waals surface area (Å²) in [5.41, 5.74) is 3.35. The van der Waals surface area contributed by atoms with Gasteiger partial charge in [0.25, 0.3) is 5.91 Å². The molecule has 146 valence electrons. The second-order valence-corrected chi connectivity index (χ2v) is 6.92. The molecule has 0 aliphatic heterocycles. The molecule has 5 heteroatoms. The lowest BCUT2D eigenvalue weighted by Gasteiger charge is -2.11. The van der Waals surface area contributed by atoms with Crippen molar-refractivity contribution in [1.29, 1.82) is 0 Å². The number of methoxy groups -OCH3 is 1. The molecule has 30 heavy (non-hydrogen) atoms. The number of hydrogen-bond acceptors (Lipinski definition) is 4. The number of amides is 1. The van der Waals surface area contributed by atoms with Gasteiger partial charge in [-0.25, -0.2) is 4.98 Å². The van der Waals surface area contributed by atoms with Crippen molar-refractivity contribution in [3.63, 3.8) is 0 Å².